The smallest absolute Gasteiger partial charge is 0.263 e. The Morgan fingerprint density at radius 2 is 2.29 bits per heavy atom. The maximum Gasteiger partial charge on any atom is 0.263 e. The maximum atomic E-state index is 12.3. The molecule has 110 valence electrons. The van der Waals surface area contributed by atoms with Crippen molar-refractivity contribution in [3.8, 4) is 0 Å². The lowest BCUT2D eigenvalue weighted by Gasteiger charge is -2.05. The number of nitrogens with two attached hydrogens (primary N) is 1. The quantitative estimate of drug-likeness (QED) is 0.822. The highest BCUT2D eigenvalue weighted by atomic mass is 35.5. The molecule has 0 fully saturated rings. The van der Waals surface area contributed by atoms with Gasteiger partial charge in [-0.1, -0.05) is 23.3 Å². The van der Waals surface area contributed by atoms with Crippen molar-refractivity contribution < 1.29 is 4.79 Å². The molecule has 0 unspecified atom stereocenters. The second-order valence-corrected chi connectivity index (χ2v) is 6.73. The normalized spacial score (nSPS) is 14.4. The van der Waals surface area contributed by atoms with Crippen LogP contribution in [0.3, 0.4) is 0 Å². The largest absolute Gasteiger partial charge is 0.397 e. The van der Waals surface area contributed by atoms with Gasteiger partial charge < -0.3 is 11.1 Å². The van der Waals surface area contributed by atoms with Crippen LogP contribution in [0.5, 0.6) is 0 Å². The summed E-state index contributed by atoms with van der Waals surface area (Å²) in [6.07, 6.45) is 6.80. The molecular formula is C16H17ClN2OS. The van der Waals surface area contributed by atoms with Crippen LogP contribution in [-0.2, 0) is 0 Å². The van der Waals surface area contributed by atoms with Crippen LogP contribution < -0.4 is 11.1 Å². The Balaban J connectivity index is 1.70. The fourth-order valence-electron chi connectivity index (χ4n) is 2.64. The first-order valence-electron chi connectivity index (χ1n) is 7.09. The third-order valence-corrected chi connectivity index (χ3v) is 5.17. The average Bonchev–Trinajstić information content (AvgIpc) is 3.07. The molecule has 3 N–H and O–H groups in total. The highest BCUT2D eigenvalue weighted by molar-refractivity contribution is 7.21. The van der Waals surface area contributed by atoms with Gasteiger partial charge in [0, 0.05) is 21.7 Å². The fraction of sp³-hybridized carbons (Fsp3) is 0.312. The van der Waals surface area contributed by atoms with Gasteiger partial charge in [0.25, 0.3) is 5.91 Å². The number of carbonyl (C=O) groups is 1. The molecule has 1 amide bonds. The maximum absolute atomic E-state index is 12.3. The van der Waals surface area contributed by atoms with Crippen molar-refractivity contribution in [3.63, 3.8) is 0 Å². The van der Waals surface area contributed by atoms with E-state index in [9.17, 15) is 4.79 Å². The van der Waals surface area contributed by atoms with Crippen LogP contribution in [-0.4, -0.2) is 12.5 Å². The molecule has 0 saturated heterocycles. The van der Waals surface area contributed by atoms with Gasteiger partial charge in [-0.2, -0.15) is 0 Å². The molecule has 1 heterocycles. The topological polar surface area (TPSA) is 55.1 Å². The third-order valence-electron chi connectivity index (χ3n) is 3.76. The van der Waals surface area contributed by atoms with Crippen LogP contribution >= 0.6 is 22.9 Å². The summed E-state index contributed by atoms with van der Waals surface area (Å²) < 4.78 is 0.948. The Kier molecular flexibility index (Phi) is 4.17. The monoisotopic (exact) mass is 320 g/mol. The Bertz CT molecular complexity index is 720. The number of carbonyl (C=O) groups excluding carboxylic acids is 1. The molecule has 1 aliphatic carbocycles. The van der Waals surface area contributed by atoms with Crippen LogP contribution in [0.4, 0.5) is 5.69 Å². The van der Waals surface area contributed by atoms with Gasteiger partial charge in [-0.3, -0.25) is 4.79 Å². The van der Waals surface area contributed by atoms with Gasteiger partial charge in [0.05, 0.1) is 5.69 Å². The number of anilines is 1. The Morgan fingerprint density at radius 3 is 3.05 bits per heavy atom. The first kappa shape index (κ1) is 14.4. The molecule has 2 aromatic rings. The number of amides is 1. The Morgan fingerprint density at radius 1 is 1.43 bits per heavy atom. The van der Waals surface area contributed by atoms with E-state index >= 15 is 0 Å². The van der Waals surface area contributed by atoms with E-state index in [0.717, 1.165) is 16.5 Å². The van der Waals surface area contributed by atoms with Crippen LogP contribution in [0.2, 0.25) is 5.02 Å². The van der Waals surface area contributed by atoms with Gasteiger partial charge in [-0.15, -0.1) is 11.3 Å². The van der Waals surface area contributed by atoms with Crippen molar-refractivity contribution in [3.05, 3.63) is 39.7 Å². The minimum atomic E-state index is -0.0941. The van der Waals surface area contributed by atoms with Gasteiger partial charge >= 0.3 is 0 Å². The van der Waals surface area contributed by atoms with E-state index in [-0.39, 0.29) is 5.91 Å². The highest BCUT2D eigenvalue weighted by Crippen LogP contribution is 2.35. The zero-order chi connectivity index (χ0) is 14.8. The third kappa shape index (κ3) is 3.06. The Hall–Kier alpha value is -1.52. The number of allylic oxidation sites excluding steroid dienone is 1. The van der Waals surface area contributed by atoms with E-state index in [4.69, 9.17) is 17.3 Å². The summed E-state index contributed by atoms with van der Waals surface area (Å²) in [5, 5.41) is 4.51. The van der Waals surface area contributed by atoms with E-state index in [2.05, 4.69) is 11.4 Å². The van der Waals surface area contributed by atoms with E-state index in [1.54, 1.807) is 6.07 Å². The molecule has 0 atom stereocenters. The predicted octanol–water partition coefficient (Wildman–Crippen LogP) is 4.37. The second kappa shape index (κ2) is 6.08. The second-order valence-electron chi connectivity index (χ2n) is 5.25. The molecule has 1 aromatic carbocycles. The van der Waals surface area contributed by atoms with Gasteiger partial charge in [-0.25, -0.2) is 0 Å². The van der Waals surface area contributed by atoms with Crippen molar-refractivity contribution in [2.24, 2.45) is 0 Å². The van der Waals surface area contributed by atoms with Crippen molar-refractivity contribution in [2.45, 2.75) is 25.7 Å². The van der Waals surface area contributed by atoms with Crippen molar-refractivity contribution in [1.82, 2.24) is 5.32 Å². The molecule has 0 spiro atoms. The summed E-state index contributed by atoms with van der Waals surface area (Å²) in [6, 6.07) is 5.50. The summed E-state index contributed by atoms with van der Waals surface area (Å²) >= 11 is 7.37. The number of thiophene rings is 1. The zero-order valence-electron chi connectivity index (χ0n) is 11.6. The molecule has 3 nitrogen and oxygen atoms in total. The lowest BCUT2D eigenvalue weighted by molar-refractivity contribution is 0.0959. The Labute approximate surface area is 132 Å². The van der Waals surface area contributed by atoms with Crippen molar-refractivity contribution >= 4 is 44.6 Å². The summed E-state index contributed by atoms with van der Waals surface area (Å²) in [7, 11) is 0. The lowest BCUT2D eigenvalue weighted by atomic mass is 10.1. The molecule has 0 saturated carbocycles. The molecule has 1 aromatic heterocycles. The van der Waals surface area contributed by atoms with Crippen molar-refractivity contribution in [2.75, 3.05) is 12.3 Å². The van der Waals surface area contributed by atoms with Gasteiger partial charge in [-0.05, 0) is 43.9 Å². The number of hydrogen-bond acceptors (Lipinski definition) is 3. The van der Waals surface area contributed by atoms with Gasteiger partial charge in [0.2, 0.25) is 0 Å². The zero-order valence-corrected chi connectivity index (χ0v) is 13.2. The first-order valence-corrected chi connectivity index (χ1v) is 8.28. The van der Waals surface area contributed by atoms with E-state index in [1.807, 2.05) is 12.1 Å². The fourth-order valence-corrected chi connectivity index (χ4v) is 3.96. The van der Waals surface area contributed by atoms with E-state index < -0.39 is 0 Å². The van der Waals surface area contributed by atoms with Gasteiger partial charge in [0.15, 0.2) is 0 Å². The lowest BCUT2D eigenvalue weighted by Crippen LogP contribution is -2.24. The molecule has 0 bridgehead atoms. The summed E-state index contributed by atoms with van der Waals surface area (Å²) in [5.41, 5.74) is 8.07. The number of hydrogen-bond donors (Lipinski definition) is 2. The number of fused-ring (bicyclic) bond motifs is 1. The minimum absolute atomic E-state index is 0.0941. The highest BCUT2D eigenvalue weighted by Gasteiger charge is 2.16. The van der Waals surface area contributed by atoms with E-state index in [1.165, 1.54) is 36.2 Å². The standard InChI is InChI=1S/C16H17ClN2OS/c17-11-5-6-12-13(9-11)21-15(14(12)18)16(20)19-8-7-10-3-1-2-4-10/h3,5-6,9H,1-2,4,7-8,18H2,(H,19,20). The average molecular weight is 321 g/mol. The number of halogens is 1. The van der Waals surface area contributed by atoms with Crippen LogP contribution in [0.25, 0.3) is 10.1 Å². The molecule has 3 rings (SSSR count). The summed E-state index contributed by atoms with van der Waals surface area (Å²) in [4.78, 5) is 12.8. The van der Waals surface area contributed by atoms with Crippen LogP contribution in [0.15, 0.2) is 29.8 Å². The van der Waals surface area contributed by atoms with Crippen molar-refractivity contribution in [1.29, 1.82) is 0 Å². The number of benzene rings is 1. The number of nitrogen functional groups attached to an aromatic ring is 1. The minimum Gasteiger partial charge on any atom is -0.397 e. The first-order chi connectivity index (χ1) is 10.1. The molecule has 5 heteroatoms. The molecule has 1 aliphatic rings. The van der Waals surface area contributed by atoms with Crippen LogP contribution in [0, 0.1) is 0 Å². The summed E-state index contributed by atoms with van der Waals surface area (Å²) in [6.45, 7) is 0.666. The number of rotatable bonds is 4. The number of nitrogens with one attached hydrogen (secondary N) is 1. The summed E-state index contributed by atoms with van der Waals surface area (Å²) in [5.74, 6) is -0.0941. The SMILES string of the molecule is Nc1c(C(=O)NCCC2=CCCC2)sc2cc(Cl)ccc12. The van der Waals surface area contributed by atoms with E-state index in [0.29, 0.717) is 22.1 Å². The van der Waals surface area contributed by atoms with Crippen LogP contribution in [0.1, 0.15) is 35.4 Å². The molecule has 0 aliphatic heterocycles. The van der Waals surface area contributed by atoms with Gasteiger partial charge in [0.1, 0.15) is 4.88 Å². The molecule has 21 heavy (non-hydrogen) atoms. The molecular weight excluding hydrogens is 304 g/mol. The predicted molar refractivity (Wildman–Crippen MR) is 90.1 cm³/mol. The molecule has 0 radical (unpaired) electrons.